The zero-order chi connectivity index (χ0) is 21.0. The molecule has 2 heterocycles. The topological polar surface area (TPSA) is 54.7 Å². The minimum Gasteiger partial charge on any atom is -0.370 e. The van der Waals surface area contributed by atoms with Gasteiger partial charge in [0, 0.05) is 37.3 Å². The molecule has 0 amide bonds. The molecule has 1 aliphatic carbocycles. The van der Waals surface area contributed by atoms with E-state index in [4.69, 9.17) is 9.73 Å². The summed E-state index contributed by atoms with van der Waals surface area (Å²) in [5.74, 6) is 0.751. The number of nitrogens with zero attached hydrogens (tertiary/aromatic N) is 4. The molecule has 0 radical (unpaired) electrons. The molecule has 1 aliphatic heterocycles. The first kappa shape index (κ1) is 20.8. The standard InChI is InChI=1S/C23H32FN5O/c1-3-25-22(29-12-13-30-21(16-29)18-14-27-28(2)15-18)26-17-23(10-4-5-11-23)19-6-8-20(24)9-7-19/h6-9,14-15,21H,3-5,10-13,16-17H2,1-2H3,(H,25,26). The molecule has 2 aromatic rings. The molecule has 1 aromatic heterocycles. The minimum atomic E-state index is -0.182. The van der Waals surface area contributed by atoms with Crippen LogP contribution in [-0.4, -0.2) is 53.4 Å². The lowest BCUT2D eigenvalue weighted by molar-refractivity contribution is -0.00807. The minimum absolute atomic E-state index is 0.00338. The van der Waals surface area contributed by atoms with Crippen LogP contribution in [0.5, 0.6) is 0 Å². The summed E-state index contributed by atoms with van der Waals surface area (Å²) in [4.78, 5) is 7.37. The Balaban J connectivity index is 1.53. The van der Waals surface area contributed by atoms with E-state index in [0.29, 0.717) is 6.61 Å². The molecule has 1 saturated heterocycles. The molecule has 1 N–H and O–H groups in total. The van der Waals surface area contributed by atoms with Crippen LogP contribution < -0.4 is 5.32 Å². The summed E-state index contributed by atoms with van der Waals surface area (Å²) >= 11 is 0. The molecule has 2 fully saturated rings. The Morgan fingerprint density at radius 2 is 2.07 bits per heavy atom. The molecule has 1 aromatic carbocycles. The number of aryl methyl sites for hydroxylation is 1. The molecule has 1 unspecified atom stereocenters. The molecule has 0 bridgehead atoms. The van der Waals surface area contributed by atoms with E-state index in [9.17, 15) is 4.39 Å². The summed E-state index contributed by atoms with van der Waals surface area (Å²) in [5, 5.41) is 7.75. The second-order valence-electron chi connectivity index (χ2n) is 8.42. The van der Waals surface area contributed by atoms with Crippen molar-refractivity contribution in [3.05, 3.63) is 53.6 Å². The average Bonchev–Trinajstić information content (AvgIpc) is 3.42. The largest absolute Gasteiger partial charge is 0.370 e. The van der Waals surface area contributed by atoms with Crippen LogP contribution in [0.1, 0.15) is 49.8 Å². The summed E-state index contributed by atoms with van der Waals surface area (Å²) in [6, 6.07) is 7.03. The number of morpholine rings is 1. The van der Waals surface area contributed by atoms with Crippen molar-refractivity contribution < 1.29 is 9.13 Å². The Morgan fingerprint density at radius 3 is 2.73 bits per heavy atom. The fraction of sp³-hybridized carbons (Fsp3) is 0.565. The molecule has 4 rings (SSSR count). The number of nitrogens with one attached hydrogen (secondary N) is 1. The van der Waals surface area contributed by atoms with Crippen molar-refractivity contribution in [1.29, 1.82) is 0 Å². The third kappa shape index (κ3) is 4.51. The second-order valence-corrected chi connectivity index (χ2v) is 8.42. The second kappa shape index (κ2) is 9.16. The highest BCUT2D eigenvalue weighted by Crippen LogP contribution is 2.41. The number of hydrogen-bond donors (Lipinski definition) is 1. The van der Waals surface area contributed by atoms with E-state index < -0.39 is 0 Å². The van der Waals surface area contributed by atoms with Gasteiger partial charge in [0.05, 0.1) is 25.9 Å². The van der Waals surface area contributed by atoms with E-state index in [0.717, 1.165) is 50.5 Å². The molecule has 2 aliphatic rings. The maximum Gasteiger partial charge on any atom is 0.194 e. The summed E-state index contributed by atoms with van der Waals surface area (Å²) in [5.41, 5.74) is 2.30. The first-order valence-corrected chi connectivity index (χ1v) is 11.0. The highest BCUT2D eigenvalue weighted by Gasteiger charge is 2.36. The SMILES string of the molecule is CCNC(=NCC1(c2ccc(F)cc2)CCCC1)N1CCOC(c2cnn(C)c2)C1. The van der Waals surface area contributed by atoms with Crippen molar-refractivity contribution in [2.75, 3.05) is 32.8 Å². The maximum absolute atomic E-state index is 13.5. The quantitative estimate of drug-likeness (QED) is 0.603. The first-order valence-electron chi connectivity index (χ1n) is 11.0. The van der Waals surface area contributed by atoms with Gasteiger partial charge in [-0.15, -0.1) is 0 Å². The van der Waals surface area contributed by atoms with Gasteiger partial charge in [0.25, 0.3) is 0 Å². The molecule has 30 heavy (non-hydrogen) atoms. The van der Waals surface area contributed by atoms with Gasteiger partial charge in [0.1, 0.15) is 11.9 Å². The monoisotopic (exact) mass is 413 g/mol. The molecule has 0 spiro atoms. The summed E-state index contributed by atoms with van der Waals surface area (Å²) < 4.78 is 21.3. The highest BCUT2D eigenvalue weighted by atomic mass is 19.1. The maximum atomic E-state index is 13.5. The van der Waals surface area contributed by atoms with E-state index in [1.54, 1.807) is 12.1 Å². The number of halogens is 1. The summed E-state index contributed by atoms with van der Waals surface area (Å²) in [6.45, 7) is 5.85. The number of aromatic nitrogens is 2. The Kier molecular flexibility index (Phi) is 6.37. The number of ether oxygens (including phenoxy) is 1. The zero-order valence-electron chi connectivity index (χ0n) is 18.0. The predicted octanol–water partition coefficient (Wildman–Crippen LogP) is 3.41. The smallest absolute Gasteiger partial charge is 0.194 e. The molecule has 6 nitrogen and oxygen atoms in total. The van der Waals surface area contributed by atoms with Gasteiger partial charge in [-0.05, 0) is 37.5 Å². The third-order valence-corrected chi connectivity index (χ3v) is 6.35. The van der Waals surface area contributed by atoms with Crippen LogP contribution in [0.25, 0.3) is 0 Å². The number of benzene rings is 1. The van der Waals surface area contributed by atoms with Gasteiger partial charge in [-0.2, -0.15) is 5.10 Å². The number of aliphatic imine (C=N–C) groups is 1. The van der Waals surface area contributed by atoms with E-state index in [2.05, 4.69) is 22.2 Å². The Labute approximate surface area is 178 Å². The fourth-order valence-electron chi connectivity index (χ4n) is 4.70. The Morgan fingerprint density at radius 1 is 1.30 bits per heavy atom. The Bertz CT molecular complexity index is 857. The van der Waals surface area contributed by atoms with Crippen molar-refractivity contribution in [1.82, 2.24) is 20.0 Å². The Hall–Kier alpha value is -2.41. The van der Waals surface area contributed by atoms with Gasteiger partial charge in [0.15, 0.2) is 5.96 Å². The number of rotatable bonds is 5. The summed E-state index contributed by atoms with van der Waals surface area (Å²) in [6.07, 6.45) is 8.48. The van der Waals surface area contributed by atoms with Crippen LogP contribution >= 0.6 is 0 Å². The average molecular weight is 414 g/mol. The van der Waals surface area contributed by atoms with Gasteiger partial charge in [0.2, 0.25) is 0 Å². The van der Waals surface area contributed by atoms with E-state index in [1.165, 1.54) is 18.4 Å². The van der Waals surface area contributed by atoms with Gasteiger partial charge < -0.3 is 15.0 Å². The first-order chi connectivity index (χ1) is 14.6. The summed E-state index contributed by atoms with van der Waals surface area (Å²) in [7, 11) is 1.92. The molecule has 7 heteroatoms. The van der Waals surface area contributed by atoms with E-state index in [-0.39, 0.29) is 17.3 Å². The lowest BCUT2D eigenvalue weighted by atomic mass is 9.79. The van der Waals surface area contributed by atoms with Gasteiger partial charge in [-0.25, -0.2) is 4.39 Å². The van der Waals surface area contributed by atoms with Crippen LogP contribution in [0.2, 0.25) is 0 Å². The fourth-order valence-corrected chi connectivity index (χ4v) is 4.70. The highest BCUT2D eigenvalue weighted by molar-refractivity contribution is 5.80. The third-order valence-electron chi connectivity index (χ3n) is 6.35. The molecule has 1 atom stereocenters. The van der Waals surface area contributed by atoms with Crippen molar-refractivity contribution in [3.63, 3.8) is 0 Å². The van der Waals surface area contributed by atoms with Crippen molar-refractivity contribution in [2.24, 2.45) is 12.0 Å². The van der Waals surface area contributed by atoms with Crippen LogP contribution in [0.4, 0.5) is 4.39 Å². The number of guanidine groups is 1. The van der Waals surface area contributed by atoms with Crippen LogP contribution in [0, 0.1) is 5.82 Å². The van der Waals surface area contributed by atoms with E-state index >= 15 is 0 Å². The van der Waals surface area contributed by atoms with Gasteiger partial charge in [-0.1, -0.05) is 25.0 Å². The van der Waals surface area contributed by atoms with Crippen molar-refractivity contribution in [3.8, 4) is 0 Å². The lowest BCUT2D eigenvalue weighted by Crippen LogP contribution is -2.48. The van der Waals surface area contributed by atoms with Crippen molar-refractivity contribution in [2.45, 2.75) is 44.1 Å². The van der Waals surface area contributed by atoms with Gasteiger partial charge >= 0.3 is 0 Å². The van der Waals surface area contributed by atoms with Crippen LogP contribution in [0.15, 0.2) is 41.7 Å². The molecular formula is C23H32FN5O. The van der Waals surface area contributed by atoms with Crippen LogP contribution in [-0.2, 0) is 17.2 Å². The number of hydrogen-bond acceptors (Lipinski definition) is 3. The molecule has 1 saturated carbocycles. The lowest BCUT2D eigenvalue weighted by Gasteiger charge is -2.36. The van der Waals surface area contributed by atoms with Gasteiger partial charge in [-0.3, -0.25) is 9.67 Å². The normalized spacial score (nSPS) is 21.8. The predicted molar refractivity (Wildman–Crippen MR) is 116 cm³/mol. The van der Waals surface area contributed by atoms with E-state index in [1.807, 2.05) is 36.3 Å². The molecular weight excluding hydrogens is 381 g/mol. The van der Waals surface area contributed by atoms with Crippen LogP contribution in [0.3, 0.4) is 0 Å². The zero-order valence-corrected chi connectivity index (χ0v) is 18.0. The molecule has 162 valence electrons. The van der Waals surface area contributed by atoms with Crippen molar-refractivity contribution >= 4 is 5.96 Å².